The SMILES string of the molecule is CCc1cc(Cl)cc2c1N1C(=S)NN(C)C1C(C)N=C2c1cc(C(F)(F)F)ccc1[N+](=O)[O-].O. The van der Waals surface area contributed by atoms with Gasteiger partial charge >= 0.3 is 6.18 Å². The molecular formula is C21H21ClF3N5O3S. The highest BCUT2D eigenvalue weighted by atomic mass is 35.5. The first-order chi connectivity index (χ1) is 15.4. The lowest BCUT2D eigenvalue weighted by Crippen LogP contribution is -2.45. The van der Waals surface area contributed by atoms with Crippen molar-refractivity contribution in [3.8, 4) is 0 Å². The Labute approximate surface area is 203 Å². The van der Waals surface area contributed by atoms with Crippen LogP contribution in [0.1, 0.15) is 36.1 Å². The van der Waals surface area contributed by atoms with Crippen molar-refractivity contribution in [2.45, 2.75) is 38.7 Å². The number of hydrogen-bond donors (Lipinski definition) is 1. The number of rotatable bonds is 3. The quantitative estimate of drug-likeness (QED) is 0.374. The molecule has 182 valence electrons. The third-order valence-corrected chi connectivity index (χ3v) is 6.23. The summed E-state index contributed by atoms with van der Waals surface area (Å²) in [7, 11) is 1.78. The Bertz CT molecular complexity index is 1210. The molecule has 1 fully saturated rings. The predicted molar refractivity (Wildman–Crippen MR) is 127 cm³/mol. The fraction of sp³-hybridized carbons (Fsp3) is 0.333. The molecule has 0 spiro atoms. The van der Waals surface area contributed by atoms with Gasteiger partial charge < -0.3 is 5.48 Å². The number of alkyl halides is 3. The first-order valence-corrected chi connectivity index (χ1v) is 10.8. The number of nitro groups is 1. The van der Waals surface area contributed by atoms with Gasteiger partial charge in [0.15, 0.2) is 5.11 Å². The smallest absolute Gasteiger partial charge is 0.412 e. The summed E-state index contributed by atoms with van der Waals surface area (Å²) in [5, 5.41) is 14.3. The molecular weight excluding hydrogens is 495 g/mol. The number of nitrogens with zero attached hydrogens (tertiary/aromatic N) is 4. The van der Waals surface area contributed by atoms with E-state index in [0.29, 0.717) is 33.9 Å². The second-order valence-corrected chi connectivity index (χ2v) is 8.65. The van der Waals surface area contributed by atoms with Crippen LogP contribution in [0.15, 0.2) is 35.3 Å². The van der Waals surface area contributed by atoms with Crippen molar-refractivity contribution >= 4 is 46.0 Å². The summed E-state index contributed by atoms with van der Waals surface area (Å²) in [6, 6.07) is 5.14. The molecule has 2 atom stereocenters. The lowest BCUT2D eigenvalue weighted by atomic mass is 9.94. The number of halogens is 4. The monoisotopic (exact) mass is 515 g/mol. The van der Waals surface area contributed by atoms with E-state index >= 15 is 0 Å². The molecule has 4 rings (SSSR count). The zero-order valence-corrected chi connectivity index (χ0v) is 19.8. The van der Waals surface area contributed by atoms with E-state index in [4.69, 9.17) is 28.8 Å². The van der Waals surface area contributed by atoms with E-state index in [0.717, 1.165) is 17.7 Å². The standard InChI is InChI=1S/C21H19ClF3N5O2S.H2O/c1-4-11-7-13(22)9-15-17(14-8-12(21(23,24)25)5-6-16(14)30(31)32)26-10(2)19-28(3)27-20(33)29(19)18(11)15;/h5-10,19H,4H2,1-3H3,(H,27,33);1H2. The van der Waals surface area contributed by atoms with Gasteiger partial charge in [0.05, 0.1) is 33.5 Å². The summed E-state index contributed by atoms with van der Waals surface area (Å²) in [4.78, 5) is 17.6. The summed E-state index contributed by atoms with van der Waals surface area (Å²) in [5.74, 6) is 0. The minimum Gasteiger partial charge on any atom is -0.412 e. The number of likely N-dealkylation sites (N-methyl/N-ethyl adjacent to an activating group) is 1. The molecule has 0 saturated carbocycles. The molecule has 2 heterocycles. The molecule has 1 saturated heterocycles. The van der Waals surface area contributed by atoms with Gasteiger partial charge in [0.1, 0.15) is 6.17 Å². The maximum Gasteiger partial charge on any atom is 0.416 e. The van der Waals surface area contributed by atoms with Gasteiger partial charge in [-0.1, -0.05) is 18.5 Å². The number of thiocarbonyl (C=S) groups is 1. The molecule has 2 aromatic rings. The largest absolute Gasteiger partial charge is 0.416 e. The van der Waals surface area contributed by atoms with Crippen LogP contribution in [-0.2, 0) is 12.6 Å². The molecule has 13 heteroatoms. The fourth-order valence-corrected chi connectivity index (χ4v) is 4.93. The lowest BCUT2D eigenvalue weighted by molar-refractivity contribution is -0.385. The average Bonchev–Trinajstić information content (AvgIpc) is 2.95. The van der Waals surface area contributed by atoms with Crippen molar-refractivity contribution < 1.29 is 23.6 Å². The molecule has 0 aromatic heterocycles. The third-order valence-electron chi connectivity index (χ3n) is 5.72. The Morgan fingerprint density at radius 2 is 1.94 bits per heavy atom. The van der Waals surface area contributed by atoms with Gasteiger partial charge in [0.2, 0.25) is 0 Å². The summed E-state index contributed by atoms with van der Waals surface area (Å²) < 4.78 is 40.6. The van der Waals surface area contributed by atoms with E-state index in [1.54, 1.807) is 31.1 Å². The lowest BCUT2D eigenvalue weighted by Gasteiger charge is -2.30. The highest BCUT2D eigenvalue weighted by molar-refractivity contribution is 7.80. The van der Waals surface area contributed by atoms with E-state index in [9.17, 15) is 23.3 Å². The number of hydrazine groups is 1. The molecule has 2 aliphatic heterocycles. The summed E-state index contributed by atoms with van der Waals surface area (Å²) >= 11 is 11.9. The van der Waals surface area contributed by atoms with Crippen LogP contribution in [0.2, 0.25) is 5.02 Å². The predicted octanol–water partition coefficient (Wildman–Crippen LogP) is 4.11. The van der Waals surface area contributed by atoms with Gasteiger partial charge in [-0.3, -0.25) is 25.4 Å². The molecule has 0 aliphatic carbocycles. The van der Waals surface area contributed by atoms with Gasteiger partial charge in [0, 0.05) is 23.7 Å². The second kappa shape index (κ2) is 9.10. The topological polar surface area (TPSA) is 106 Å². The summed E-state index contributed by atoms with van der Waals surface area (Å²) in [5.41, 5.74) is 3.22. The Kier molecular flexibility index (Phi) is 6.91. The Balaban J connectivity index is 0.00000324. The van der Waals surface area contributed by atoms with Gasteiger partial charge in [0.25, 0.3) is 5.69 Å². The number of anilines is 1. The van der Waals surface area contributed by atoms with Crippen molar-refractivity contribution in [3.63, 3.8) is 0 Å². The van der Waals surface area contributed by atoms with Crippen molar-refractivity contribution in [1.29, 1.82) is 0 Å². The molecule has 0 amide bonds. The normalized spacial score (nSPS) is 20.0. The van der Waals surface area contributed by atoms with E-state index in [2.05, 4.69) is 5.43 Å². The van der Waals surface area contributed by atoms with Gasteiger partial charge in [-0.25, -0.2) is 0 Å². The summed E-state index contributed by atoms with van der Waals surface area (Å²) in [6.45, 7) is 3.69. The van der Waals surface area contributed by atoms with Crippen LogP contribution in [0.3, 0.4) is 0 Å². The Hall–Kier alpha value is -2.80. The average molecular weight is 516 g/mol. The molecule has 34 heavy (non-hydrogen) atoms. The van der Waals surface area contributed by atoms with Crippen LogP contribution in [0, 0.1) is 10.1 Å². The van der Waals surface area contributed by atoms with Gasteiger partial charge in [-0.15, -0.1) is 0 Å². The van der Waals surface area contributed by atoms with E-state index in [-0.39, 0.29) is 16.8 Å². The highest BCUT2D eigenvalue weighted by Crippen LogP contribution is 2.41. The molecule has 8 nitrogen and oxygen atoms in total. The summed E-state index contributed by atoms with van der Waals surface area (Å²) in [6.07, 6.45) is -4.53. The number of fused-ring (bicyclic) bond motifs is 3. The number of nitrogens with one attached hydrogen (secondary N) is 1. The maximum absolute atomic E-state index is 13.5. The van der Waals surface area contributed by atoms with E-state index in [1.165, 1.54) is 0 Å². The van der Waals surface area contributed by atoms with Gasteiger partial charge in [-0.2, -0.15) is 18.2 Å². The van der Waals surface area contributed by atoms with Crippen LogP contribution in [0.4, 0.5) is 24.5 Å². The van der Waals surface area contributed by atoms with Crippen LogP contribution in [0.5, 0.6) is 0 Å². The molecule has 2 aromatic carbocycles. The minimum atomic E-state index is -4.68. The first-order valence-electron chi connectivity index (χ1n) is 10.0. The number of benzene rings is 2. The number of aryl methyl sites for hydroxylation is 1. The number of nitro benzene ring substituents is 1. The van der Waals surface area contributed by atoms with Crippen LogP contribution >= 0.6 is 23.8 Å². The Morgan fingerprint density at radius 1 is 1.26 bits per heavy atom. The van der Waals surface area contributed by atoms with Crippen LogP contribution < -0.4 is 10.3 Å². The van der Waals surface area contributed by atoms with Crippen LogP contribution in [0.25, 0.3) is 0 Å². The van der Waals surface area contributed by atoms with Crippen molar-refractivity contribution in [2.75, 3.05) is 11.9 Å². The number of hydrogen-bond acceptors (Lipinski definition) is 5. The van der Waals surface area contributed by atoms with Crippen LogP contribution in [-0.4, -0.2) is 45.5 Å². The molecule has 0 bridgehead atoms. The van der Waals surface area contributed by atoms with Gasteiger partial charge in [-0.05, 0) is 55.4 Å². The van der Waals surface area contributed by atoms with Crippen molar-refractivity contribution in [2.24, 2.45) is 4.99 Å². The van der Waals surface area contributed by atoms with E-state index in [1.807, 2.05) is 11.8 Å². The third kappa shape index (κ3) is 4.22. The Morgan fingerprint density at radius 3 is 2.53 bits per heavy atom. The molecule has 2 unspecified atom stereocenters. The molecule has 0 radical (unpaired) electrons. The zero-order valence-electron chi connectivity index (χ0n) is 18.3. The molecule has 2 aliphatic rings. The van der Waals surface area contributed by atoms with Crippen molar-refractivity contribution in [3.05, 3.63) is 67.7 Å². The first kappa shape index (κ1) is 25.8. The second-order valence-electron chi connectivity index (χ2n) is 7.83. The zero-order chi connectivity index (χ0) is 24.2. The fourth-order valence-electron chi connectivity index (χ4n) is 4.34. The van der Waals surface area contributed by atoms with Crippen molar-refractivity contribution in [1.82, 2.24) is 10.4 Å². The maximum atomic E-state index is 13.5. The number of aliphatic imine (C=N–C) groups is 1. The minimum absolute atomic E-state index is 0. The molecule has 3 N–H and O–H groups in total. The highest BCUT2D eigenvalue weighted by Gasteiger charge is 2.43. The van der Waals surface area contributed by atoms with E-state index < -0.39 is 34.6 Å².